The van der Waals surface area contributed by atoms with Crippen molar-refractivity contribution in [3.8, 4) is 0 Å². The van der Waals surface area contributed by atoms with E-state index < -0.39 is 0 Å². The van der Waals surface area contributed by atoms with Crippen LogP contribution in [-0.4, -0.2) is 30.6 Å². The second-order valence-corrected chi connectivity index (χ2v) is 4.96. The standard InChI is InChI=1S/C11H24N2/c1-5-8-13(4)11(3,9-12)10(2)6-7-10/h5-9,12H2,1-4H3. The number of nitrogens with zero attached hydrogens (tertiary/aromatic N) is 1. The summed E-state index contributed by atoms with van der Waals surface area (Å²) in [6.45, 7) is 8.84. The summed E-state index contributed by atoms with van der Waals surface area (Å²) < 4.78 is 0. The molecule has 0 bridgehead atoms. The number of nitrogens with two attached hydrogens (primary N) is 1. The summed E-state index contributed by atoms with van der Waals surface area (Å²) in [5.74, 6) is 0. The average molecular weight is 184 g/mol. The van der Waals surface area contributed by atoms with Crippen molar-refractivity contribution in [2.45, 2.75) is 45.6 Å². The Labute approximate surface area is 82.5 Å². The van der Waals surface area contributed by atoms with E-state index >= 15 is 0 Å². The lowest BCUT2D eigenvalue weighted by Crippen LogP contribution is -2.55. The predicted molar refractivity (Wildman–Crippen MR) is 57.7 cm³/mol. The normalized spacial score (nSPS) is 24.5. The molecule has 2 N–H and O–H groups in total. The van der Waals surface area contributed by atoms with Gasteiger partial charge in [0.15, 0.2) is 0 Å². The smallest absolute Gasteiger partial charge is 0.0354 e. The molecule has 1 fully saturated rings. The van der Waals surface area contributed by atoms with E-state index in [4.69, 9.17) is 5.73 Å². The summed E-state index contributed by atoms with van der Waals surface area (Å²) in [6, 6.07) is 0. The Kier molecular flexibility index (Phi) is 3.03. The van der Waals surface area contributed by atoms with Crippen molar-refractivity contribution in [2.75, 3.05) is 20.1 Å². The summed E-state index contributed by atoms with van der Waals surface area (Å²) in [7, 11) is 2.21. The summed E-state index contributed by atoms with van der Waals surface area (Å²) >= 11 is 0. The minimum atomic E-state index is 0.211. The third-order valence-corrected chi connectivity index (χ3v) is 4.10. The van der Waals surface area contributed by atoms with Gasteiger partial charge in [-0.1, -0.05) is 13.8 Å². The van der Waals surface area contributed by atoms with Gasteiger partial charge in [-0.2, -0.15) is 0 Å². The molecule has 78 valence electrons. The van der Waals surface area contributed by atoms with Crippen molar-refractivity contribution >= 4 is 0 Å². The Morgan fingerprint density at radius 2 is 2.00 bits per heavy atom. The van der Waals surface area contributed by atoms with Gasteiger partial charge in [0, 0.05) is 12.1 Å². The van der Waals surface area contributed by atoms with Gasteiger partial charge in [0.1, 0.15) is 0 Å². The molecule has 1 atom stereocenters. The van der Waals surface area contributed by atoms with Gasteiger partial charge in [0.25, 0.3) is 0 Å². The zero-order valence-electron chi connectivity index (χ0n) is 9.56. The van der Waals surface area contributed by atoms with Gasteiger partial charge < -0.3 is 5.73 Å². The molecule has 1 aliphatic rings. The molecule has 2 heteroatoms. The highest BCUT2D eigenvalue weighted by Gasteiger charge is 2.53. The van der Waals surface area contributed by atoms with Crippen LogP contribution in [0, 0.1) is 5.41 Å². The molecule has 2 nitrogen and oxygen atoms in total. The van der Waals surface area contributed by atoms with Crippen molar-refractivity contribution < 1.29 is 0 Å². The van der Waals surface area contributed by atoms with E-state index in [1.165, 1.54) is 19.3 Å². The summed E-state index contributed by atoms with van der Waals surface area (Å²) in [4.78, 5) is 2.44. The Morgan fingerprint density at radius 1 is 1.46 bits per heavy atom. The monoisotopic (exact) mass is 184 g/mol. The summed E-state index contributed by atoms with van der Waals surface area (Å²) in [6.07, 6.45) is 3.89. The molecule has 1 aliphatic carbocycles. The molecule has 0 aromatic rings. The first kappa shape index (κ1) is 11.0. The number of rotatable bonds is 5. The lowest BCUT2D eigenvalue weighted by Gasteiger charge is -2.43. The molecular formula is C11H24N2. The van der Waals surface area contributed by atoms with Gasteiger partial charge in [-0.25, -0.2) is 0 Å². The molecule has 0 spiro atoms. The zero-order valence-corrected chi connectivity index (χ0v) is 9.56. The molecule has 0 saturated heterocycles. The number of hydrogen-bond acceptors (Lipinski definition) is 2. The summed E-state index contributed by atoms with van der Waals surface area (Å²) in [5, 5.41) is 0. The van der Waals surface area contributed by atoms with Gasteiger partial charge in [0.05, 0.1) is 0 Å². The van der Waals surface area contributed by atoms with Crippen molar-refractivity contribution in [3.05, 3.63) is 0 Å². The quantitative estimate of drug-likeness (QED) is 0.706. The second kappa shape index (κ2) is 3.58. The molecule has 0 heterocycles. The third-order valence-electron chi connectivity index (χ3n) is 4.10. The molecule has 1 rings (SSSR count). The summed E-state index contributed by atoms with van der Waals surface area (Å²) in [5.41, 5.74) is 6.61. The molecule has 0 radical (unpaired) electrons. The van der Waals surface area contributed by atoms with Crippen molar-refractivity contribution in [2.24, 2.45) is 11.1 Å². The molecule has 0 aromatic carbocycles. The van der Waals surface area contributed by atoms with Crippen LogP contribution in [0.5, 0.6) is 0 Å². The maximum atomic E-state index is 5.92. The fourth-order valence-corrected chi connectivity index (χ4v) is 2.17. The van der Waals surface area contributed by atoms with Gasteiger partial charge >= 0.3 is 0 Å². The molecule has 1 unspecified atom stereocenters. The average Bonchev–Trinajstić information content (AvgIpc) is 2.84. The first-order chi connectivity index (χ1) is 6.00. The minimum absolute atomic E-state index is 0.211. The van der Waals surface area contributed by atoms with E-state index in [1.807, 2.05) is 0 Å². The van der Waals surface area contributed by atoms with Gasteiger partial charge in [-0.15, -0.1) is 0 Å². The lowest BCUT2D eigenvalue weighted by atomic mass is 9.82. The Morgan fingerprint density at radius 3 is 2.31 bits per heavy atom. The molecule has 0 amide bonds. The van der Waals surface area contributed by atoms with Crippen LogP contribution in [0.25, 0.3) is 0 Å². The van der Waals surface area contributed by atoms with E-state index in [2.05, 4.69) is 32.7 Å². The molecule has 0 aromatic heterocycles. The largest absolute Gasteiger partial charge is 0.329 e. The molecule has 1 saturated carbocycles. The van der Waals surface area contributed by atoms with Crippen molar-refractivity contribution in [3.63, 3.8) is 0 Å². The molecular weight excluding hydrogens is 160 g/mol. The maximum Gasteiger partial charge on any atom is 0.0354 e. The Hall–Kier alpha value is -0.0800. The van der Waals surface area contributed by atoms with Crippen LogP contribution in [0.1, 0.15) is 40.0 Å². The third kappa shape index (κ3) is 1.75. The predicted octanol–water partition coefficient (Wildman–Crippen LogP) is 1.85. The van der Waals surface area contributed by atoms with Crippen LogP contribution in [0.2, 0.25) is 0 Å². The first-order valence-corrected chi connectivity index (χ1v) is 5.41. The van der Waals surface area contributed by atoms with Crippen LogP contribution < -0.4 is 5.73 Å². The SMILES string of the molecule is CCCN(C)C(C)(CN)C1(C)CC1. The molecule has 0 aliphatic heterocycles. The maximum absolute atomic E-state index is 5.92. The number of likely N-dealkylation sites (N-methyl/N-ethyl adjacent to an activating group) is 1. The van der Waals surface area contributed by atoms with E-state index in [1.54, 1.807) is 0 Å². The Bertz CT molecular complexity index is 175. The number of hydrogen-bond donors (Lipinski definition) is 1. The van der Waals surface area contributed by atoms with E-state index in [0.29, 0.717) is 5.41 Å². The van der Waals surface area contributed by atoms with Crippen molar-refractivity contribution in [1.29, 1.82) is 0 Å². The van der Waals surface area contributed by atoms with Crippen LogP contribution in [0.15, 0.2) is 0 Å². The van der Waals surface area contributed by atoms with Crippen LogP contribution >= 0.6 is 0 Å². The lowest BCUT2D eigenvalue weighted by molar-refractivity contribution is 0.0729. The van der Waals surface area contributed by atoms with Crippen molar-refractivity contribution in [1.82, 2.24) is 4.90 Å². The van der Waals surface area contributed by atoms with Crippen LogP contribution in [-0.2, 0) is 0 Å². The zero-order chi connectivity index (χ0) is 10.1. The highest BCUT2D eigenvalue weighted by molar-refractivity contribution is 5.08. The first-order valence-electron chi connectivity index (χ1n) is 5.41. The van der Waals surface area contributed by atoms with E-state index in [0.717, 1.165) is 13.1 Å². The fourth-order valence-electron chi connectivity index (χ4n) is 2.17. The topological polar surface area (TPSA) is 29.3 Å². The highest BCUT2D eigenvalue weighted by Crippen LogP contribution is 2.55. The van der Waals surface area contributed by atoms with Gasteiger partial charge in [0.2, 0.25) is 0 Å². The van der Waals surface area contributed by atoms with Crippen LogP contribution in [0.3, 0.4) is 0 Å². The van der Waals surface area contributed by atoms with E-state index in [-0.39, 0.29) is 5.54 Å². The molecule has 13 heavy (non-hydrogen) atoms. The Balaban J connectivity index is 2.68. The fraction of sp³-hybridized carbons (Fsp3) is 1.00. The minimum Gasteiger partial charge on any atom is -0.329 e. The highest BCUT2D eigenvalue weighted by atomic mass is 15.2. The second-order valence-electron chi connectivity index (χ2n) is 4.96. The van der Waals surface area contributed by atoms with Crippen LogP contribution in [0.4, 0.5) is 0 Å². The van der Waals surface area contributed by atoms with Gasteiger partial charge in [-0.05, 0) is 45.2 Å². The van der Waals surface area contributed by atoms with Gasteiger partial charge in [-0.3, -0.25) is 4.90 Å². The van der Waals surface area contributed by atoms with E-state index in [9.17, 15) is 0 Å².